The third kappa shape index (κ3) is 2.61. The smallest absolute Gasteiger partial charge is 0.259 e. The van der Waals surface area contributed by atoms with Gasteiger partial charge in [0.15, 0.2) is 4.77 Å². The molecule has 0 saturated heterocycles. The Labute approximate surface area is 129 Å². The number of H-pyrrole nitrogens is 2. The topological polar surface area (TPSA) is 98.0 Å². The first-order valence-corrected chi connectivity index (χ1v) is 6.81. The standard InChI is InChI=1S/C15H11N3O3S/c19-12-4-2-1-3-10(12)16-13(20)8-5-6-9-11(7-8)17-15(22)18-14(9)21/h1-7,19H,(H,16,20)(H2,17,18,21,22). The van der Waals surface area contributed by atoms with Crippen molar-refractivity contribution in [3.63, 3.8) is 0 Å². The van der Waals surface area contributed by atoms with E-state index in [1.165, 1.54) is 18.2 Å². The van der Waals surface area contributed by atoms with E-state index in [0.29, 0.717) is 22.2 Å². The predicted molar refractivity (Wildman–Crippen MR) is 85.8 cm³/mol. The Morgan fingerprint density at radius 1 is 1.14 bits per heavy atom. The monoisotopic (exact) mass is 313 g/mol. The maximum Gasteiger partial charge on any atom is 0.259 e. The molecule has 2 aromatic carbocycles. The van der Waals surface area contributed by atoms with Gasteiger partial charge in [0.05, 0.1) is 16.6 Å². The SMILES string of the molecule is O=C(Nc1ccccc1O)c1ccc2c(=O)[nH]c(=S)[nH]c2c1. The van der Waals surface area contributed by atoms with Gasteiger partial charge in [-0.3, -0.25) is 14.6 Å². The number of para-hydroxylation sites is 2. The fraction of sp³-hybridized carbons (Fsp3) is 0. The second kappa shape index (κ2) is 5.45. The van der Waals surface area contributed by atoms with Crippen LogP contribution in [-0.2, 0) is 0 Å². The van der Waals surface area contributed by atoms with Gasteiger partial charge in [-0.2, -0.15) is 0 Å². The summed E-state index contributed by atoms with van der Waals surface area (Å²) in [6.45, 7) is 0. The van der Waals surface area contributed by atoms with Crippen molar-refractivity contribution < 1.29 is 9.90 Å². The number of aromatic hydroxyl groups is 1. The van der Waals surface area contributed by atoms with Crippen LogP contribution in [0.1, 0.15) is 10.4 Å². The lowest BCUT2D eigenvalue weighted by Gasteiger charge is -2.07. The molecule has 0 aliphatic rings. The molecule has 3 rings (SSSR count). The van der Waals surface area contributed by atoms with Crippen molar-refractivity contribution in [2.75, 3.05) is 5.32 Å². The van der Waals surface area contributed by atoms with E-state index in [4.69, 9.17) is 12.2 Å². The average molecular weight is 313 g/mol. The van der Waals surface area contributed by atoms with Crippen LogP contribution in [-0.4, -0.2) is 21.0 Å². The minimum atomic E-state index is -0.400. The van der Waals surface area contributed by atoms with Crippen LogP contribution in [0.4, 0.5) is 5.69 Å². The maximum absolute atomic E-state index is 12.2. The molecule has 7 heteroatoms. The first-order valence-electron chi connectivity index (χ1n) is 6.40. The number of fused-ring (bicyclic) bond motifs is 1. The van der Waals surface area contributed by atoms with Crippen LogP contribution in [0.25, 0.3) is 10.9 Å². The van der Waals surface area contributed by atoms with Crippen molar-refractivity contribution in [1.82, 2.24) is 9.97 Å². The van der Waals surface area contributed by atoms with Crippen molar-refractivity contribution >= 4 is 34.7 Å². The third-order valence-electron chi connectivity index (χ3n) is 3.15. The number of aromatic nitrogens is 2. The molecule has 0 unspecified atom stereocenters. The van der Waals surface area contributed by atoms with E-state index in [9.17, 15) is 14.7 Å². The molecule has 1 amide bonds. The van der Waals surface area contributed by atoms with Crippen LogP contribution in [0, 0.1) is 4.77 Å². The molecule has 0 fully saturated rings. The Bertz CT molecular complexity index is 991. The van der Waals surface area contributed by atoms with Gasteiger partial charge in [-0.05, 0) is 42.5 Å². The van der Waals surface area contributed by atoms with Gasteiger partial charge in [0.25, 0.3) is 11.5 Å². The molecule has 22 heavy (non-hydrogen) atoms. The number of rotatable bonds is 2. The first kappa shape index (κ1) is 14.0. The number of amides is 1. The fourth-order valence-electron chi connectivity index (χ4n) is 2.08. The quantitative estimate of drug-likeness (QED) is 0.431. The molecule has 0 aliphatic carbocycles. The van der Waals surface area contributed by atoms with Crippen LogP contribution in [0.3, 0.4) is 0 Å². The Morgan fingerprint density at radius 2 is 1.91 bits per heavy atom. The van der Waals surface area contributed by atoms with Gasteiger partial charge in [-0.15, -0.1) is 0 Å². The van der Waals surface area contributed by atoms with E-state index in [2.05, 4.69) is 15.3 Å². The van der Waals surface area contributed by atoms with Crippen molar-refractivity contribution in [3.8, 4) is 5.75 Å². The molecule has 0 bridgehead atoms. The van der Waals surface area contributed by atoms with E-state index in [-0.39, 0.29) is 16.1 Å². The van der Waals surface area contributed by atoms with E-state index < -0.39 is 5.91 Å². The molecule has 1 aromatic heterocycles. The Morgan fingerprint density at radius 3 is 2.68 bits per heavy atom. The summed E-state index contributed by atoms with van der Waals surface area (Å²) >= 11 is 4.91. The van der Waals surface area contributed by atoms with Gasteiger partial charge < -0.3 is 15.4 Å². The summed E-state index contributed by atoms with van der Waals surface area (Å²) < 4.78 is 0.191. The second-order valence-corrected chi connectivity index (χ2v) is 5.05. The molecule has 0 spiro atoms. The van der Waals surface area contributed by atoms with Crippen LogP contribution in [0.15, 0.2) is 47.3 Å². The molecule has 6 nitrogen and oxygen atoms in total. The summed E-state index contributed by atoms with van der Waals surface area (Å²) in [5.41, 5.74) is 0.809. The van der Waals surface area contributed by atoms with Gasteiger partial charge in [-0.25, -0.2) is 0 Å². The van der Waals surface area contributed by atoms with E-state index in [1.807, 2.05) is 0 Å². The Hall–Kier alpha value is -2.93. The van der Waals surface area contributed by atoms with Gasteiger partial charge in [0.2, 0.25) is 0 Å². The van der Waals surface area contributed by atoms with Gasteiger partial charge >= 0.3 is 0 Å². The van der Waals surface area contributed by atoms with Crippen LogP contribution >= 0.6 is 12.2 Å². The van der Waals surface area contributed by atoms with Crippen molar-refractivity contribution in [3.05, 3.63) is 63.2 Å². The Kier molecular flexibility index (Phi) is 3.48. The molecule has 0 aliphatic heterocycles. The van der Waals surface area contributed by atoms with Gasteiger partial charge in [0.1, 0.15) is 5.75 Å². The lowest BCUT2D eigenvalue weighted by Crippen LogP contribution is -2.13. The molecule has 110 valence electrons. The molecule has 1 heterocycles. The summed E-state index contributed by atoms with van der Waals surface area (Å²) in [6.07, 6.45) is 0. The first-order chi connectivity index (χ1) is 10.5. The number of phenolic OH excluding ortho intramolecular Hbond substituents is 1. The number of nitrogens with one attached hydrogen (secondary N) is 3. The zero-order valence-corrected chi connectivity index (χ0v) is 12.0. The highest BCUT2D eigenvalue weighted by Gasteiger charge is 2.10. The summed E-state index contributed by atoms with van der Waals surface area (Å²) in [6, 6.07) is 11.0. The van der Waals surface area contributed by atoms with Gasteiger partial charge in [0, 0.05) is 5.56 Å². The predicted octanol–water partition coefficient (Wildman–Crippen LogP) is 2.54. The summed E-state index contributed by atoms with van der Waals surface area (Å²) in [7, 11) is 0. The number of anilines is 1. The van der Waals surface area contributed by atoms with Crippen molar-refractivity contribution in [2.24, 2.45) is 0 Å². The molecule has 3 aromatic rings. The Balaban J connectivity index is 2.00. The number of phenols is 1. The molecule has 0 atom stereocenters. The van der Waals surface area contributed by atoms with Crippen molar-refractivity contribution in [2.45, 2.75) is 0 Å². The van der Waals surface area contributed by atoms with Gasteiger partial charge in [-0.1, -0.05) is 12.1 Å². The number of benzene rings is 2. The normalized spacial score (nSPS) is 10.5. The minimum absolute atomic E-state index is 0.0208. The third-order valence-corrected chi connectivity index (χ3v) is 3.36. The number of carbonyl (C=O) groups excluding carboxylic acids is 1. The highest BCUT2D eigenvalue weighted by molar-refractivity contribution is 7.71. The molecule has 0 radical (unpaired) electrons. The second-order valence-electron chi connectivity index (χ2n) is 4.64. The summed E-state index contributed by atoms with van der Waals surface area (Å²) in [5, 5.41) is 12.7. The molecular formula is C15H11N3O3S. The molecule has 0 saturated carbocycles. The maximum atomic E-state index is 12.2. The summed E-state index contributed by atoms with van der Waals surface area (Å²) in [4.78, 5) is 29.3. The number of aromatic amines is 2. The highest BCUT2D eigenvalue weighted by atomic mass is 32.1. The zero-order chi connectivity index (χ0) is 15.7. The number of hydrogen-bond acceptors (Lipinski definition) is 4. The highest BCUT2D eigenvalue weighted by Crippen LogP contribution is 2.22. The molecule has 4 N–H and O–H groups in total. The fourth-order valence-corrected chi connectivity index (χ4v) is 2.29. The van der Waals surface area contributed by atoms with Crippen molar-refractivity contribution in [1.29, 1.82) is 0 Å². The number of carbonyl (C=O) groups is 1. The largest absolute Gasteiger partial charge is 0.506 e. The average Bonchev–Trinajstić information content (AvgIpc) is 2.48. The lowest BCUT2D eigenvalue weighted by molar-refractivity contribution is 0.102. The zero-order valence-electron chi connectivity index (χ0n) is 11.2. The number of hydrogen-bond donors (Lipinski definition) is 4. The van der Waals surface area contributed by atoms with E-state index >= 15 is 0 Å². The van der Waals surface area contributed by atoms with E-state index in [0.717, 1.165) is 0 Å². The van der Waals surface area contributed by atoms with Crippen LogP contribution in [0.2, 0.25) is 0 Å². The molecular weight excluding hydrogens is 302 g/mol. The van der Waals surface area contributed by atoms with Crippen LogP contribution in [0.5, 0.6) is 5.75 Å². The summed E-state index contributed by atoms with van der Waals surface area (Å²) in [5.74, 6) is -0.421. The van der Waals surface area contributed by atoms with Crippen LogP contribution < -0.4 is 10.9 Å². The van der Waals surface area contributed by atoms with E-state index in [1.54, 1.807) is 24.3 Å². The lowest BCUT2D eigenvalue weighted by atomic mass is 10.1. The minimum Gasteiger partial charge on any atom is -0.506 e.